The zero-order valence-corrected chi connectivity index (χ0v) is 13.4. The molecular formula is C17H17ClN2O3. The lowest BCUT2D eigenvalue weighted by atomic mass is 10.2. The Hall–Kier alpha value is -2.66. The molecule has 2 aromatic rings. The van der Waals surface area contributed by atoms with E-state index in [-0.39, 0.29) is 18.4 Å². The van der Waals surface area contributed by atoms with Gasteiger partial charge < -0.3 is 20.5 Å². The summed E-state index contributed by atoms with van der Waals surface area (Å²) in [5, 5.41) is 16.0. The summed E-state index contributed by atoms with van der Waals surface area (Å²) in [5.74, 6) is 0.242. The predicted octanol–water partition coefficient (Wildman–Crippen LogP) is 4.01. The van der Waals surface area contributed by atoms with E-state index >= 15 is 0 Å². The first-order valence-corrected chi connectivity index (χ1v) is 7.26. The molecule has 0 bridgehead atoms. The van der Waals surface area contributed by atoms with E-state index in [1.807, 2.05) is 12.1 Å². The first-order valence-electron chi connectivity index (χ1n) is 6.88. The normalized spacial score (nSPS) is 10.0. The third kappa shape index (κ3) is 4.66. The molecule has 0 atom stereocenters. The summed E-state index contributed by atoms with van der Waals surface area (Å²) in [5.41, 5.74) is 1.35. The maximum absolute atomic E-state index is 11.5. The number of nitrogens with one attached hydrogen (secondary N) is 2. The fourth-order valence-electron chi connectivity index (χ4n) is 1.75. The van der Waals surface area contributed by atoms with Gasteiger partial charge in [-0.1, -0.05) is 30.3 Å². The van der Waals surface area contributed by atoms with Crippen molar-refractivity contribution in [2.24, 2.45) is 0 Å². The van der Waals surface area contributed by atoms with Crippen molar-refractivity contribution in [3.05, 3.63) is 59.6 Å². The predicted molar refractivity (Wildman–Crippen MR) is 92.1 cm³/mol. The van der Waals surface area contributed by atoms with Gasteiger partial charge in [-0.3, -0.25) is 4.79 Å². The summed E-state index contributed by atoms with van der Waals surface area (Å²) >= 11 is 5.98. The van der Waals surface area contributed by atoms with Crippen LogP contribution in [0.15, 0.2) is 54.6 Å². The lowest BCUT2D eigenvalue weighted by molar-refractivity contribution is -0.112. The largest absolute Gasteiger partial charge is 0.506 e. The zero-order chi connectivity index (χ0) is 16.8. The molecule has 0 aliphatic heterocycles. The van der Waals surface area contributed by atoms with Crippen molar-refractivity contribution in [2.75, 3.05) is 17.4 Å². The maximum atomic E-state index is 11.5. The lowest BCUT2D eigenvalue weighted by Gasteiger charge is -2.12. The second-order valence-electron chi connectivity index (χ2n) is 4.86. The van der Waals surface area contributed by atoms with Crippen LogP contribution in [-0.2, 0) is 4.79 Å². The van der Waals surface area contributed by atoms with Gasteiger partial charge in [0.05, 0.1) is 10.7 Å². The quantitative estimate of drug-likeness (QED) is 0.424. The Morgan fingerprint density at radius 3 is 2.70 bits per heavy atom. The number of hydrogen-bond acceptors (Lipinski definition) is 4. The SMILES string of the molecule is C=C(C)C(=O)Nc1ccc(NCOc2ccccc2Cl)c(O)c1. The molecule has 0 aromatic heterocycles. The van der Waals surface area contributed by atoms with Crippen LogP contribution in [0.3, 0.4) is 0 Å². The standard InChI is InChI=1S/C17H17ClN2O3/c1-11(2)17(22)20-12-7-8-14(15(21)9-12)19-10-23-16-6-4-3-5-13(16)18/h3-9,19,21H,1,10H2,2H3,(H,20,22). The minimum Gasteiger partial charge on any atom is -0.506 e. The van der Waals surface area contributed by atoms with Gasteiger partial charge in [-0.25, -0.2) is 0 Å². The van der Waals surface area contributed by atoms with E-state index < -0.39 is 0 Å². The summed E-state index contributed by atoms with van der Waals surface area (Å²) in [6.07, 6.45) is 0. The molecule has 0 aliphatic carbocycles. The Morgan fingerprint density at radius 2 is 2.04 bits per heavy atom. The van der Waals surface area contributed by atoms with Crippen LogP contribution >= 0.6 is 11.6 Å². The van der Waals surface area contributed by atoms with Crippen molar-refractivity contribution in [3.63, 3.8) is 0 Å². The Bertz CT molecular complexity index is 732. The number of carbonyl (C=O) groups excluding carboxylic acids is 1. The fraction of sp³-hybridized carbons (Fsp3) is 0.118. The van der Waals surface area contributed by atoms with E-state index in [0.29, 0.717) is 27.7 Å². The highest BCUT2D eigenvalue weighted by Crippen LogP contribution is 2.27. The number of para-hydroxylation sites is 1. The van der Waals surface area contributed by atoms with Crippen LogP contribution in [0.1, 0.15) is 6.92 Å². The molecular weight excluding hydrogens is 316 g/mol. The summed E-state index contributed by atoms with van der Waals surface area (Å²) in [6.45, 7) is 5.30. The average Bonchev–Trinajstić information content (AvgIpc) is 2.51. The van der Waals surface area contributed by atoms with Gasteiger partial charge in [-0.2, -0.15) is 0 Å². The van der Waals surface area contributed by atoms with E-state index in [0.717, 1.165) is 0 Å². The highest BCUT2D eigenvalue weighted by molar-refractivity contribution is 6.32. The van der Waals surface area contributed by atoms with E-state index in [4.69, 9.17) is 16.3 Å². The Kier molecular flexibility index (Phi) is 5.49. The third-order valence-electron chi connectivity index (χ3n) is 2.97. The van der Waals surface area contributed by atoms with Crippen LogP contribution < -0.4 is 15.4 Å². The van der Waals surface area contributed by atoms with Gasteiger partial charge in [-0.05, 0) is 31.2 Å². The molecule has 5 nitrogen and oxygen atoms in total. The van der Waals surface area contributed by atoms with Gasteiger partial charge in [0.25, 0.3) is 5.91 Å². The van der Waals surface area contributed by atoms with Crippen molar-refractivity contribution in [2.45, 2.75) is 6.92 Å². The summed E-state index contributed by atoms with van der Waals surface area (Å²) in [4.78, 5) is 11.5. The molecule has 6 heteroatoms. The summed E-state index contributed by atoms with van der Waals surface area (Å²) in [6, 6.07) is 11.9. The number of carbonyl (C=O) groups is 1. The second-order valence-corrected chi connectivity index (χ2v) is 5.27. The highest BCUT2D eigenvalue weighted by Gasteiger charge is 2.07. The molecule has 0 fully saturated rings. The van der Waals surface area contributed by atoms with Gasteiger partial charge >= 0.3 is 0 Å². The van der Waals surface area contributed by atoms with Gasteiger partial charge in [0.1, 0.15) is 11.5 Å². The number of phenols is 1. The van der Waals surface area contributed by atoms with Crippen LogP contribution in [0.5, 0.6) is 11.5 Å². The average molecular weight is 333 g/mol. The number of rotatable bonds is 6. The number of phenolic OH excluding ortho intramolecular Hbond substituents is 1. The number of anilines is 2. The van der Waals surface area contributed by atoms with E-state index in [1.165, 1.54) is 6.07 Å². The summed E-state index contributed by atoms with van der Waals surface area (Å²) in [7, 11) is 0. The van der Waals surface area contributed by atoms with E-state index in [1.54, 1.807) is 31.2 Å². The molecule has 0 saturated heterocycles. The molecule has 0 heterocycles. The second kappa shape index (κ2) is 7.56. The molecule has 0 aliphatic rings. The number of hydrogen-bond donors (Lipinski definition) is 3. The Morgan fingerprint density at radius 1 is 1.30 bits per heavy atom. The molecule has 0 saturated carbocycles. The molecule has 2 aromatic carbocycles. The first kappa shape index (κ1) is 16.7. The van der Waals surface area contributed by atoms with Crippen LogP contribution in [0.4, 0.5) is 11.4 Å². The van der Waals surface area contributed by atoms with Crippen molar-refractivity contribution in [1.29, 1.82) is 0 Å². The van der Waals surface area contributed by atoms with Crippen LogP contribution in [-0.4, -0.2) is 17.7 Å². The molecule has 1 amide bonds. The van der Waals surface area contributed by atoms with Gasteiger partial charge in [0.15, 0.2) is 6.73 Å². The molecule has 120 valence electrons. The topological polar surface area (TPSA) is 70.6 Å². The number of aromatic hydroxyl groups is 1. The number of halogens is 1. The molecule has 0 unspecified atom stereocenters. The number of amides is 1. The minimum atomic E-state index is -0.299. The summed E-state index contributed by atoms with van der Waals surface area (Å²) < 4.78 is 5.49. The molecule has 3 N–H and O–H groups in total. The maximum Gasteiger partial charge on any atom is 0.250 e. The first-order chi connectivity index (χ1) is 11.0. The monoisotopic (exact) mass is 332 g/mol. The van der Waals surface area contributed by atoms with E-state index in [9.17, 15) is 9.90 Å². The van der Waals surface area contributed by atoms with Crippen LogP contribution in [0.2, 0.25) is 5.02 Å². The van der Waals surface area contributed by atoms with Crippen molar-refractivity contribution in [1.82, 2.24) is 0 Å². The molecule has 0 radical (unpaired) electrons. The molecule has 2 rings (SSSR count). The lowest BCUT2D eigenvalue weighted by Crippen LogP contribution is -2.12. The Labute approximate surface area is 139 Å². The minimum absolute atomic E-state index is 0.00715. The van der Waals surface area contributed by atoms with Crippen molar-refractivity contribution in [3.8, 4) is 11.5 Å². The van der Waals surface area contributed by atoms with Crippen LogP contribution in [0, 0.1) is 0 Å². The van der Waals surface area contributed by atoms with E-state index in [2.05, 4.69) is 17.2 Å². The van der Waals surface area contributed by atoms with Crippen molar-refractivity contribution < 1.29 is 14.6 Å². The molecule has 0 spiro atoms. The highest BCUT2D eigenvalue weighted by atomic mass is 35.5. The molecule has 23 heavy (non-hydrogen) atoms. The zero-order valence-electron chi connectivity index (χ0n) is 12.6. The fourth-order valence-corrected chi connectivity index (χ4v) is 1.94. The van der Waals surface area contributed by atoms with Gasteiger partial charge in [0.2, 0.25) is 0 Å². The van der Waals surface area contributed by atoms with Gasteiger partial charge in [-0.15, -0.1) is 0 Å². The smallest absolute Gasteiger partial charge is 0.250 e. The number of benzene rings is 2. The van der Waals surface area contributed by atoms with Crippen molar-refractivity contribution >= 4 is 28.9 Å². The number of ether oxygens (including phenoxy) is 1. The van der Waals surface area contributed by atoms with Gasteiger partial charge in [0, 0.05) is 17.3 Å². The van der Waals surface area contributed by atoms with Crippen LogP contribution in [0.25, 0.3) is 0 Å². The Balaban J connectivity index is 1.95. The third-order valence-corrected chi connectivity index (χ3v) is 3.28.